The molecule has 0 spiro atoms. The van der Waals surface area contributed by atoms with Crippen LogP contribution in [0.15, 0.2) is 0 Å². The van der Waals surface area contributed by atoms with Crippen molar-refractivity contribution in [2.75, 3.05) is 19.6 Å². The fourth-order valence-corrected chi connectivity index (χ4v) is 6.50. The summed E-state index contributed by atoms with van der Waals surface area (Å²) in [7, 11) is 0. The lowest BCUT2D eigenvalue weighted by molar-refractivity contribution is -0.0358. The van der Waals surface area contributed by atoms with Gasteiger partial charge in [-0.3, -0.25) is 9.80 Å². The molecule has 2 heterocycles. The summed E-state index contributed by atoms with van der Waals surface area (Å²) in [6.45, 7) is 6.53. The maximum atomic E-state index is 3.06. The number of nitrogens with zero attached hydrogens (tertiary/aromatic N) is 2. The van der Waals surface area contributed by atoms with Crippen molar-refractivity contribution in [1.82, 2.24) is 9.80 Å². The van der Waals surface area contributed by atoms with Gasteiger partial charge in [-0.1, -0.05) is 32.6 Å². The van der Waals surface area contributed by atoms with Gasteiger partial charge in [-0.25, -0.2) is 0 Å². The molecule has 4 fully saturated rings. The van der Waals surface area contributed by atoms with E-state index in [-0.39, 0.29) is 0 Å². The van der Waals surface area contributed by atoms with Gasteiger partial charge in [-0.15, -0.1) is 0 Å². The van der Waals surface area contributed by atoms with Gasteiger partial charge in [0.2, 0.25) is 0 Å². The fraction of sp³-hybridized carbons (Fsp3) is 1.00. The fourth-order valence-electron chi connectivity index (χ4n) is 6.50. The van der Waals surface area contributed by atoms with Crippen LogP contribution in [0, 0.1) is 11.8 Å². The summed E-state index contributed by atoms with van der Waals surface area (Å²) in [5.74, 6) is 2.05. The molecule has 4 rings (SSSR count). The Morgan fingerprint density at radius 1 is 0.739 bits per heavy atom. The molecule has 0 unspecified atom stereocenters. The van der Waals surface area contributed by atoms with Crippen LogP contribution in [0.4, 0.5) is 0 Å². The Balaban J connectivity index is 1.49. The average molecular weight is 319 g/mol. The molecule has 2 aliphatic heterocycles. The zero-order chi connectivity index (χ0) is 15.6. The predicted molar refractivity (Wildman–Crippen MR) is 97.7 cm³/mol. The highest BCUT2D eigenvalue weighted by Gasteiger charge is 2.45. The van der Waals surface area contributed by atoms with Crippen molar-refractivity contribution in [2.45, 2.75) is 102 Å². The summed E-state index contributed by atoms with van der Waals surface area (Å²) in [5, 5.41) is 0. The lowest BCUT2D eigenvalue weighted by Gasteiger charge is -2.53. The molecule has 0 N–H and O–H groups in total. The molecule has 2 aliphatic carbocycles. The standard InChI is InChI=1S/C21H38N2/c1-2-17-10-12-19(13-11-17)23-16-15-22-14-6-9-20(22)21(23)18-7-4-3-5-8-18/h17-21H,2-16H2,1H3/t17?,19?,20-,21-/m1/s1. The number of hydrogen-bond donors (Lipinski definition) is 0. The molecule has 0 aromatic heterocycles. The molecule has 0 bridgehead atoms. The monoisotopic (exact) mass is 318 g/mol. The second-order valence-electron chi connectivity index (χ2n) is 8.95. The molecule has 2 atom stereocenters. The third kappa shape index (κ3) is 3.35. The van der Waals surface area contributed by atoms with Crippen molar-refractivity contribution in [3.8, 4) is 0 Å². The van der Waals surface area contributed by atoms with E-state index in [1.54, 1.807) is 0 Å². The van der Waals surface area contributed by atoms with Crippen LogP contribution in [0.3, 0.4) is 0 Å². The van der Waals surface area contributed by atoms with E-state index in [9.17, 15) is 0 Å². The van der Waals surface area contributed by atoms with Crippen LogP contribution in [0.25, 0.3) is 0 Å². The van der Waals surface area contributed by atoms with Crippen molar-refractivity contribution in [3.63, 3.8) is 0 Å². The summed E-state index contributed by atoms with van der Waals surface area (Å²) in [5.41, 5.74) is 0. The van der Waals surface area contributed by atoms with Gasteiger partial charge in [0, 0.05) is 31.2 Å². The molecule has 0 aromatic rings. The van der Waals surface area contributed by atoms with Gasteiger partial charge >= 0.3 is 0 Å². The van der Waals surface area contributed by atoms with Crippen LogP contribution in [0.2, 0.25) is 0 Å². The van der Waals surface area contributed by atoms with E-state index < -0.39 is 0 Å². The van der Waals surface area contributed by atoms with E-state index in [2.05, 4.69) is 16.7 Å². The van der Waals surface area contributed by atoms with Gasteiger partial charge in [-0.05, 0) is 69.7 Å². The lowest BCUT2D eigenvalue weighted by Crippen LogP contribution is -2.63. The third-order valence-corrected chi connectivity index (χ3v) is 7.83. The maximum Gasteiger partial charge on any atom is 0.0283 e. The van der Waals surface area contributed by atoms with Crippen molar-refractivity contribution in [1.29, 1.82) is 0 Å². The van der Waals surface area contributed by atoms with E-state index in [4.69, 9.17) is 0 Å². The van der Waals surface area contributed by atoms with Crippen molar-refractivity contribution < 1.29 is 0 Å². The Bertz CT molecular complexity index is 368. The molecule has 0 radical (unpaired) electrons. The second kappa shape index (κ2) is 7.44. The smallest absolute Gasteiger partial charge is 0.0283 e. The SMILES string of the molecule is CCC1CCC(N2CCN3CCC[C@@H]3[C@H]2C2CCCCC2)CC1. The number of hydrogen-bond acceptors (Lipinski definition) is 2. The van der Waals surface area contributed by atoms with Gasteiger partial charge in [-0.2, -0.15) is 0 Å². The van der Waals surface area contributed by atoms with Crippen molar-refractivity contribution in [3.05, 3.63) is 0 Å². The number of fused-ring (bicyclic) bond motifs is 1. The minimum absolute atomic E-state index is 0.912. The summed E-state index contributed by atoms with van der Waals surface area (Å²) in [6, 6.07) is 2.75. The molecule has 23 heavy (non-hydrogen) atoms. The first-order valence-electron chi connectivity index (χ1n) is 10.9. The Kier molecular flexibility index (Phi) is 5.30. The molecule has 4 aliphatic rings. The van der Waals surface area contributed by atoms with Gasteiger partial charge in [0.15, 0.2) is 0 Å². The molecule has 2 saturated carbocycles. The third-order valence-electron chi connectivity index (χ3n) is 7.83. The molecule has 0 aromatic carbocycles. The zero-order valence-electron chi connectivity index (χ0n) is 15.4. The van der Waals surface area contributed by atoms with Gasteiger partial charge in [0.25, 0.3) is 0 Å². The van der Waals surface area contributed by atoms with Gasteiger partial charge in [0.1, 0.15) is 0 Å². The summed E-state index contributed by atoms with van der Waals surface area (Å²) < 4.78 is 0. The zero-order valence-corrected chi connectivity index (χ0v) is 15.4. The van der Waals surface area contributed by atoms with E-state index in [0.717, 1.165) is 30.0 Å². The maximum absolute atomic E-state index is 3.06. The first kappa shape index (κ1) is 16.4. The van der Waals surface area contributed by atoms with Crippen LogP contribution in [-0.2, 0) is 0 Å². The van der Waals surface area contributed by atoms with Gasteiger partial charge in [0.05, 0.1) is 0 Å². The predicted octanol–water partition coefficient (Wildman–Crippen LogP) is 4.68. The van der Waals surface area contributed by atoms with E-state index in [0.29, 0.717) is 0 Å². The lowest BCUT2D eigenvalue weighted by atomic mass is 9.76. The van der Waals surface area contributed by atoms with Crippen LogP contribution >= 0.6 is 0 Å². The minimum Gasteiger partial charge on any atom is -0.298 e. The van der Waals surface area contributed by atoms with E-state index in [1.165, 1.54) is 96.7 Å². The van der Waals surface area contributed by atoms with Crippen molar-refractivity contribution in [2.24, 2.45) is 11.8 Å². The van der Waals surface area contributed by atoms with Crippen LogP contribution < -0.4 is 0 Å². The number of rotatable bonds is 3. The van der Waals surface area contributed by atoms with E-state index in [1.807, 2.05) is 0 Å². The van der Waals surface area contributed by atoms with Gasteiger partial charge < -0.3 is 0 Å². The quantitative estimate of drug-likeness (QED) is 0.745. The highest BCUT2D eigenvalue weighted by molar-refractivity contribution is 5.01. The highest BCUT2D eigenvalue weighted by Crippen LogP contribution is 2.40. The summed E-state index contributed by atoms with van der Waals surface area (Å²) in [4.78, 5) is 5.93. The Morgan fingerprint density at radius 3 is 2.26 bits per heavy atom. The van der Waals surface area contributed by atoms with Crippen LogP contribution in [-0.4, -0.2) is 47.6 Å². The van der Waals surface area contributed by atoms with Crippen molar-refractivity contribution >= 4 is 0 Å². The molecular formula is C21H38N2. The summed E-state index contributed by atoms with van der Waals surface area (Å²) >= 11 is 0. The Hall–Kier alpha value is -0.0800. The Labute approximate surface area is 144 Å². The summed E-state index contributed by atoms with van der Waals surface area (Å²) in [6.07, 6.45) is 17.9. The van der Waals surface area contributed by atoms with Crippen LogP contribution in [0.5, 0.6) is 0 Å². The molecular weight excluding hydrogens is 280 g/mol. The molecule has 132 valence electrons. The van der Waals surface area contributed by atoms with Crippen LogP contribution in [0.1, 0.15) is 84.0 Å². The second-order valence-corrected chi connectivity index (χ2v) is 8.95. The average Bonchev–Trinajstić information content (AvgIpc) is 3.10. The molecule has 2 saturated heterocycles. The minimum atomic E-state index is 0.912. The first-order chi connectivity index (χ1) is 11.4. The highest BCUT2D eigenvalue weighted by atomic mass is 15.3. The topological polar surface area (TPSA) is 6.48 Å². The Morgan fingerprint density at radius 2 is 1.52 bits per heavy atom. The molecule has 2 nitrogen and oxygen atoms in total. The first-order valence-corrected chi connectivity index (χ1v) is 10.9. The largest absolute Gasteiger partial charge is 0.298 e. The number of piperazine rings is 1. The van der Waals surface area contributed by atoms with E-state index >= 15 is 0 Å². The molecule has 0 amide bonds. The normalized spacial score (nSPS) is 41.1. The molecule has 2 heteroatoms.